The second-order valence-electron chi connectivity index (χ2n) is 4.94. The fourth-order valence-corrected chi connectivity index (χ4v) is 3.21. The number of fused-ring (bicyclic) bond motifs is 1. The number of halogens is 1. The van der Waals surface area contributed by atoms with Crippen LogP contribution in [0.15, 0.2) is 16.7 Å². The van der Waals surface area contributed by atoms with Gasteiger partial charge in [-0.2, -0.15) is 5.10 Å². The summed E-state index contributed by atoms with van der Waals surface area (Å²) in [6.07, 6.45) is 2.87. The molecule has 1 fully saturated rings. The van der Waals surface area contributed by atoms with Crippen molar-refractivity contribution in [2.24, 2.45) is 0 Å². The molecule has 1 saturated heterocycles. The van der Waals surface area contributed by atoms with Crippen molar-refractivity contribution >= 4 is 32.5 Å². The Morgan fingerprint density at radius 2 is 2.30 bits per heavy atom. The number of ether oxygens (including phenoxy) is 1. The van der Waals surface area contributed by atoms with Gasteiger partial charge in [0, 0.05) is 12.2 Å². The number of nitro benzene ring substituents is 1. The highest BCUT2D eigenvalue weighted by Gasteiger charge is 2.26. The lowest BCUT2D eigenvalue weighted by Gasteiger charge is -2.23. The molecule has 3 rings (SSSR count). The quantitative estimate of drug-likeness (QED) is 0.617. The predicted molar refractivity (Wildman–Crippen MR) is 77.7 cm³/mol. The molecule has 0 aliphatic carbocycles. The van der Waals surface area contributed by atoms with E-state index in [0.717, 1.165) is 24.8 Å². The molecule has 1 aliphatic heterocycles. The van der Waals surface area contributed by atoms with Gasteiger partial charge in [-0.1, -0.05) is 6.07 Å². The van der Waals surface area contributed by atoms with Crippen molar-refractivity contribution in [3.63, 3.8) is 0 Å². The third kappa shape index (κ3) is 2.10. The van der Waals surface area contributed by atoms with E-state index in [4.69, 9.17) is 4.74 Å². The molecule has 0 saturated carbocycles. The Bertz CT molecular complexity index is 677. The molecule has 2 aromatic rings. The number of aryl methyl sites for hydroxylation is 1. The minimum Gasteiger partial charge on any atom is -0.356 e. The number of hydrogen-bond donors (Lipinski definition) is 0. The Hall–Kier alpha value is -1.47. The van der Waals surface area contributed by atoms with Crippen molar-refractivity contribution in [3.05, 3.63) is 32.4 Å². The summed E-state index contributed by atoms with van der Waals surface area (Å²) in [5.41, 5.74) is 1.48. The third-order valence-electron chi connectivity index (χ3n) is 3.62. The summed E-state index contributed by atoms with van der Waals surface area (Å²) in [7, 11) is 0. The molecule has 7 heteroatoms. The number of nitro groups is 1. The fourth-order valence-electron chi connectivity index (χ4n) is 2.65. The van der Waals surface area contributed by atoms with Crippen LogP contribution in [-0.4, -0.2) is 21.3 Å². The molecule has 0 bridgehead atoms. The summed E-state index contributed by atoms with van der Waals surface area (Å²) in [5.74, 6) is 0. The van der Waals surface area contributed by atoms with E-state index < -0.39 is 0 Å². The van der Waals surface area contributed by atoms with Gasteiger partial charge in [0.2, 0.25) is 0 Å². The zero-order valence-electron chi connectivity index (χ0n) is 11.0. The smallest absolute Gasteiger partial charge is 0.284 e. The van der Waals surface area contributed by atoms with E-state index >= 15 is 0 Å². The van der Waals surface area contributed by atoms with Crippen LogP contribution in [-0.2, 0) is 4.74 Å². The van der Waals surface area contributed by atoms with Crippen molar-refractivity contribution in [1.29, 1.82) is 0 Å². The van der Waals surface area contributed by atoms with Gasteiger partial charge in [0.1, 0.15) is 9.99 Å². The van der Waals surface area contributed by atoms with Gasteiger partial charge in [-0.15, -0.1) is 0 Å². The van der Waals surface area contributed by atoms with E-state index in [-0.39, 0.29) is 16.8 Å². The molecule has 106 valence electrons. The van der Waals surface area contributed by atoms with Gasteiger partial charge in [-0.25, -0.2) is 4.68 Å². The van der Waals surface area contributed by atoms with Crippen molar-refractivity contribution in [2.75, 3.05) is 6.61 Å². The normalized spacial score (nSPS) is 19.4. The van der Waals surface area contributed by atoms with Crippen molar-refractivity contribution in [1.82, 2.24) is 9.78 Å². The second-order valence-corrected chi connectivity index (χ2v) is 5.69. The van der Waals surface area contributed by atoms with Crippen LogP contribution in [0.5, 0.6) is 0 Å². The van der Waals surface area contributed by atoms with E-state index in [2.05, 4.69) is 21.0 Å². The van der Waals surface area contributed by atoms with Crippen LogP contribution in [0.4, 0.5) is 5.69 Å². The van der Waals surface area contributed by atoms with Crippen LogP contribution in [0, 0.1) is 17.0 Å². The fraction of sp³-hybridized carbons (Fsp3) is 0.462. The molecule has 1 aliphatic rings. The van der Waals surface area contributed by atoms with Gasteiger partial charge in [0.25, 0.3) is 5.69 Å². The Morgan fingerprint density at radius 1 is 1.50 bits per heavy atom. The van der Waals surface area contributed by atoms with Crippen LogP contribution in [0.2, 0.25) is 0 Å². The van der Waals surface area contributed by atoms with E-state index in [1.165, 1.54) is 0 Å². The standard InChI is InChI=1S/C13H14BrN3O3/c1-8-5-6-9-11(12(8)17(18)19)13(14)15-16(9)10-4-2-3-7-20-10/h5-6,10H,2-4,7H2,1H3. The van der Waals surface area contributed by atoms with Gasteiger partial charge >= 0.3 is 0 Å². The Labute approximate surface area is 124 Å². The highest BCUT2D eigenvalue weighted by molar-refractivity contribution is 9.10. The Balaban J connectivity index is 2.21. The van der Waals surface area contributed by atoms with Gasteiger partial charge in [0.05, 0.1) is 10.4 Å². The van der Waals surface area contributed by atoms with Crippen molar-refractivity contribution < 1.29 is 9.66 Å². The molecule has 0 radical (unpaired) electrons. The average molecular weight is 340 g/mol. The molecule has 1 aromatic carbocycles. The van der Waals surface area contributed by atoms with E-state index in [1.54, 1.807) is 17.7 Å². The summed E-state index contributed by atoms with van der Waals surface area (Å²) >= 11 is 3.35. The van der Waals surface area contributed by atoms with E-state index in [0.29, 0.717) is 22.2 Å². The molecule has 0 spiro atoms. The average Bonchev–Trinajstić information content (AvgIpc) is 2.77. The zero-order chi connectivity index (χ0) is 14.3. The Morgan fingerprint density at radius 3 is 2.95 bits per heavy atom. The maximum atomic E-state index is 11.3. The maximum Gasteiger partial charge on any atom is 0.284 e. The molecule has 1 unspecified atom stereocenters. The lowest BCUT2D eigenvalue weighted by atomic mass is 10.1. The molecule has 0 amide bonds. The summed E-state index contributed by atoms with van der Waals surface area (Å²) in [6.45, 7) is 2.44. The minimum absolute atomic E-state index is 0.108. The molecular weight excluding hydrogens is 326 g/mol. The number of hydrogen-bond acceptors (Lipinski definition) is 4. The van der Waals surface area contributed by atoms with Gasteiger partial charge in [-0.05, 0) is 48.2 Å². The summed E-state index contributed by atoms with van der Waals surface area (Å²) in [6, 6.07) is 3.63. The molecule has 6 nitrogen and oxygen atoms in total. The first-order valence-corrected chi connectivity index (χ1v) is 7.32. The molecular formula is C13H14BrN3O3. The topological polar surface area (TPSA) is 70.2 Å². The Kier molecular flexibility index (Phi) is 3.47. The monoisotopic (exact) mass is 339 g/mol. The van der Waals surface area contributed by atoms with Gasteiger partial charge < -0.3 is 4.74 Å². The van der Waals surface area contributed by atoms with Crippen LogP contribution in [0.25, 0.3) is 10.9 Å². The molecule has 1 atom stereocenters. The first-order chi connectivity index (χ1) is 9.59. The second kappa shape index (κ2) is 5.14. The predicted octanol–water partition coefficient (Wildman–Crippen LogP) is 3.71. The molecule has 2 heterocycles. The maximum absolute atomic E-state index is 11.3. The molecule has 1 aromatic heterocycles. The highest BCUT2D eigenvalue weighted by Crippen LogP contribution is 2.37. The summed E-state index contributed by atoms with van der Waals surface area (Å²) < 4.78 is 7.98. The molecule has 20 heavy (non-hydrogen) atoms. The largest absolute Gasteiger partial charge is 0.356 e. The summed E-state index contributed by atoms with van der Waals surface area (Å²) in [5, 5.41) is 16.2. The van der Waals surface area contributed by atoms with Crippen LogP contribution in [0.1, 0.15) is 31.1 Å². The molecule has 0 N–H and O–H groups in total. The number of rotatable bonds is 2. The third-order valence-corrected chi connectivity index (χ3v) is 4.17. The van der Waals surface area contributed by atoms with Gasteiger partial charge in [0.15, 0.2) is 6.23 Å². The van der Waals surface area contributed by atoms with E-state index in [1.807, 2.05) is 6.07 Å². The number of benzene rings is 1. The van der Waals surface area contributed by atoms with Gasteiger partial charge in [-0.3, -0.25) is 10.1 Å². The minimum atomic E-state index is -0.351. The lowest BCUT2D eigenvalue weighted by Crippen LogP contribution is -2.19. The summed E-state index contributed by atoms with van der Waals surface area (Å²) in [4.78, 5) is 10.9. The number of aromatic nitrogens is 2. The van der Waals surface area contributed by atoms with Crippen LogP contribution < -0.4 is 0 Å². The zero-order valence-corrected chi connectivity index (χ0v) is 12.6. The first kappa shape index (κ1) is 13.5. The first-order valence-electron chi connectivity index (χ1n) is 6.53. The van der Waals surface area contributed by atoms with Crippen LogP contribution in [0.3, 0.4) is 0 Å². The SMILES string of the molecule is Cc1ccc2c(c(Br)nn2C2CCCCO2)c1[N+](=O)[O-]. The number of nitrogens with zero attached hydrogens (tertiary/aromatic N) is 3. The van der Waals surface area contributed by atoms with E-state index in [9.17, 15) is 10.1 Å². The highest BCUT2D eigenvalue weighted by atomic mass is 79.9. The van der Waals surface area contributed by atoms with Crippen LogP contribution >= 0.6 is 15.9 Å². The lowest BCUT2D eigenvalue weighted by molar-refractivity contribution is -0.383. The van der Waals surface area contributed by atoms with Crippen molar-refractivity contribution in [3.8, 4) is 0 Å². The van der Waals surface area contributed by atoms with Crippen molar-refractivity contribution in [2.45, 2.75) is 32.4 Å².